The van der Waals surface area contributed by atoms with Crippen LogP contribution in [0.5, 0.6) is 0 Å². The van der Waals surface area contributed by atoms with Gasteiger partial charge in [0.05, 0.1) is 0 Å². The highest BCUT2D eigenvalue weighted by Gasteiger charge is 2.03. The van der Waals surface area contributed by atoms with E-state index in [4.69, 9.17) is 0 Å². The van der Waals surface area contributed by atoms with Gasteiger partial charge in [0.25, 0.3) is 0 Å². The Bertz CT molecular complexity index is 606. The molecule has 0 saturated carbocycles. The third-order valence-corrected chi connectivity index (χ3v) is 3.07. The molecule has 0 aliphatic carbocycles. The highest BCUT2D eigenvalue weighted by atomic mass is 16.1. The van der Waals surface area contributed by atoms with E-state index in [1.807, 2.05) is 60.7 Å². The fourth-order valence-electron chi connectivity index (χ4n) is 1.97. The second-order valence-electron chi connectivity index (χ2n) is 4.67. The predicted octanol–water partition coefficient (Wildman–Crippen LogP) is 3.45. The molecule has 0 atom stereocenters. The quantitative estimate of drug-likeness (QED) is 0.796. The maximum absolute atomic E-state index is 12.0. The van der Waals surface area contributed by atoms with E-state index in [-0.39, 0.29) is 5.91 Å². The number of nitrogens with one attached hydrogen (secondary N) is 2. The monoisotopic (exact) mass is 280 g/mol. The molecular formula is C18H20N2O. The van der Waals surface area contributed by atoms with E-state index in [0.29, 0.717) is 0 Å². The molecule has 2 rings (SSSR count). The molecule has 0 radical (unpaired) electrons. The maximum atomic E-state index is 12.0. The normalized spacial score (nSPS) is 10.7. The molecule has 3 nitrogen and oxygen atoms in total. The Kier molecular flexibility index (Phi) is 5.73. The van der Waals surface area contributed by atoms with E-state index < -0.39 is 0 Å². The second kappa shape index (κ2) is 8.02. The van der Waals surface area contributed by atoms with Gasteiger partial charge in [0.1, 0.15) is 0 Å². The fourth-order valence-corrected chi connectivity index (χ4v) is 1.97. The summed E-state index contributed by atoms with van der Waals surface area (Å²) in [5, 5.41) is 6.19. The van der Waals surface area contributed by atoms with E-state index in [1.165, 1.54) is 0 Å². The summed E-state index contributed by atoms with van der Waals surface area (Å²) in [7, 11) is 0. The summed E-state index contributed by atoms with van der Waals surface area (Å²) in [5.74, 6) is -0.122. The average molecular weight is 280 g/mol. The van der Waals surface area contributed by atoms with Crippen molar-refractivity contribution in [3.63, 3.8) is 0 Å². The van der Waals surface area contributed by atoms with Crippen LogP contribution in [-0.2, 0) is 11.3 Å². The van der Waals surface area contributed by atoms with Crippen molar-refractivity contribution in [1.29, 1.82) is 0 Å². The number of para-hydroxylation sites is 1. The van der Waals surface area contributed by atoms with E-state index in [1.54, 1.807) is 6.08 Å². The SMILES string of the molecule is CCNCc1ccccc1NC(=O)/C=C/c1ccccc1. The lowest BCUT2D eigenvalue weighted by Gasteiger charge is -2.10. The van der Waals surface area contributed by atoms with Crippen LogP contribution in [0.15, 0.2) is 60.7 Å². The van der Waals surface area contributed by atoms with Crippen LogP contribution in [0.1, 0.15) is 18.1 Å². The maximum Gasteiger partial charge on any atom is 0.248 e. The number of amides is 1. The standard InChI is InChI=1S/C18H20N2O/c1-2-19-14-16-10-6-7-11-17(16)20-18(21)13-12-15-8-4-3-5-9-15/h3-13,19H,2,14H2,1H3,(H,20,21)/b13-12+. The molecule has 0 spiro atoms. The molecule has 0 aliphatic rings. The van der Waals surface area contributed by atoms with Crippen LogP contribution in [0.25, 0.3) is 6.08 Å². The van der Waals surface area contributed by atoms with Crippen LogP contribution in [-0.4, -0.2) is 12.5 Å². The van der Waals surface area contributed by atoms with Crippen molar-refractivity contribution in [3.8, 4) is 0 Å². The summed E-state index contributed by atoms with van der Waals surface area (Å²) < 4.78 is 0. The van der Waals surface area contributed by atoms with E-state index in [2.05, 4.69) is 17.6 Å². The summed E-state index contributed by atoms with van der Waals surface area (Å²) in [6.07, 6.45) is 3.36. The molecule has 2 N–H and O–H groups in total. The lowest BCUT2D eigenvalue weighted by molar-refractivity contribution is -0.111. The molecule has 21 heavy (non-hydrogen) atoms. The van der Waals surface area contributed by atoms with Gasteiger partial charge in [0.2, 0.25) is 5.91 Å². The summed E-state index contributed by atoms with van der Waals surface area (Å²) >= 11 is 0. The van der Waals surface area contributed by atoms with Crippen molar-refractivity contribution in [3.05, 3.63) is 71.8 Å². The zero-order chi connectivity index (χ0) is 14.9. The molecule has 0 bridgehead atoms. The van der Waals surface area contributed by atoms with Crippen LogP contribution in [0.3, 0.4) is 0 Å². The van der Waals surface area contributed by atoms with Crippen LogP contribution < -0.4 is 10.6 Å². The number of rotatable bonds is 6. The number of benzene rings is 2. The predicted molar refractivity (Wildman–Crippen MR) is 87.9 cm³/mol. The van der Waals surface area contributed by atoms with Crippen molar-refractivity contribution in [1.82, 2.24) is 5.32 Å². The van der Waals surface area contributed by atoms with Crippen LogP contribution >= 0.6 is 0 Å². The second-order valence-corrected chi connectivity index (χ2v) is 4.67. The summed E-state index contributed by atoms with van der Waals surface area (Å²) in [6, 6.07) is 17.6. The first-order chi connectivity index (χ1) is 10.3. The Morgan fingerprint density at radius 1 is 1.05 bits per heavy atom. The highest BCUT2D eigenvalue weighted by Crippen LogP contribution is 2.15. The third-order valence-electron chi connectivity index (χ3n) is 3.07. The fraction of sp³-hybridized carbons (Fsp3) is 0.167. The first-order valence-corrected chi connectivity index (χ1v) is 7.12. The van der Waals surface area contributed by atoms with Crippen molar-refractivity contribution in [2.45, 2.75) is 13.5 Å². The lowest BCUT2D eigenvalue weighted by Crippen LogP contribution is -2.15. The molecule has 108 valence electrons. The third kappa shape index (κ3) is 4.89. The van der Waals surface area contributed by atoms with Gasteiger partial charge < -0.3 is 10.6 Å². The molecular weight excluding hydrogens is 260 g/mol. The number of carbonyl (C=O) groups excluding carboxylic acids is 1. The van der Waals surface area contributed by atoms with Crippen molar-refractivity contribution < 1.29 is 4.79 Å². The van der Waals surface area contributed by atoms with E-state index >= 15 is 0 Å². The minimum Gasteiger partial charge on any atom is -0.322 e. The van der Waals surface area contributed by atoms with Crippen LogP contribution in [0.4, 0.5) is 5.69 Å². The molecule has 2 aromatic rings. The molecule has 2 aromatic carbocycles. The van der Waals surface area contributed by atoms with Gasteiger partial charge in [-0.2, -0.15) is 0 Å². The summed E-state index contributed by atoms with van der Waals surface area (Å²) in [6.45, 7) is 3.70. The van der Waals surface area contributed by atoms with Gasteiger partial charge in [-0.1, -0.05) is 55.5 Å². The topological polar surface area (TPSA) is 41.1 Å². The number of anilines is 1. The first-order valence-electron chi connectivity index (χ1n) is 7.12. The van der Waals surface area contributed by atoms with Gasteiger partial charge in [-0.25, -0.2) is 0 Å². The zero-order valence-electron chi connectivity index (χ0n) is 12.2. The first kappa shape index (κ1) is 15.0. The number of carbonyl (C=O) groups is 1. The molecule has 0 aliphatic heterocycles. The summed E-state index contributed by atoms with van der Waals surface area (Å²) in [4.78, 5) is 12.0. The Hall–Kier alpha value is -2.39. The Labute approximate surface area is 125 Å². The minimum atomic E-state index is -0.122. The average Bonchev–Trinajstić information content (AvgIpc) is 2.53. The summed E-state index contributed by atoms with van der Waals surface area (Å²) in [5.41, 5.74) is 2.94. The molecule has 1 amide bonds. The molecule has 0 saturated heterocycles. The number of hydrogen-bond donors (Lipinski definition) is 2. The van der Waals surface area contributed by atoms with E-state index in [0.717, 1.165) is 29.9 Å². The van der Waals surface area contributed by atoms with Gasteiger partial charge in [-0.05, 0) is 29.8 Å². The van der Waals surface area contributed by atoms with Gasteiger partial charge in [0, 0.05) is 18.3 Å². The van der Waals surface area contributed by atoms with Crippen molar-refractivity contribution in [2.75, 3.05) is 11.9 Å². The zero-order valence-corrected chi connectivity index (χ0v) is 12.2. The molecule has 0 unspecified atom stereocenters. The van der Waals surface area contributed by atoms with E-state index in [9.17, 15) is 4.79 Å². The highest BCUT2D eigenvalue weighted by molar-refractivity contribution is 6.02. The lowest BCUT2D eigenvalue weighted by atomic mass is 10.1. The Balaban J connectivity index is 2.01. The molecule has 0 aromatic heterocycles. The van der Waals surface area contributed by atoms with Crippen molar-refractivity contribution >= 4 is 17.7 Å². The number of hydrogen-bond acceptors (Lipinski definition) is 2. The molecule has 3 heteroatoms. The van der Waals surface area contributed by atoms with Gasteiger partial charge in [-0.15, -0.1) is 0 Å². The molecule has 0 heterocycles. The van der Waals surface area contributed by atoms with Gasteiger partial charge in [0.15, 0.2) is 0 Å². The Morgan fingerprint density at radius 2 is 1.76 bits per heavy atom. The largest absolute Gasteiger partial charge is 0.322 e. The van der Waals surface area contributed by atoms with Crippen LogP contribution in [0.2, 0.25) is 0 Å². The van der Waals surface area contributed by atoms with Crippen molar-refractivity contribution in [2.24, 2.45) is 0 Å². The van der Waals surface area contributed by atoms with Gasteiger partial charge >= 0.3 is 0 Å². The Morgan fingerprint density at radius 3 is 2.52 bits per heavy atom. The van der Waals surface area contributed by atoms with Crippen LogP contribution in [0, 0.1) is 0 Å². The molecule has 0 fully saturated rings. The van der Waals surface area contributed by atoms with Gasteiger partial charge in [-0.3, -0.25) is 4.79 Å². The smallest absolute Gasteiger partial charge is 0.248 e. The minimum absolute atomic E-state index is 0.122.